The standard InChI is InChI=1S/C18H28FN3O3S/c1-18(2,3)21-17(23)22-10-8-14(9-11-22)12-20-26(24,25)13-15-4-6-16(19)7-5-15/h4-7,14,20H,8-13H2,1-3H3,(H,21,23). The molecule has 2 N–H and O–H groups in total. The van der Waals surface area contributed by atoms with Gasteiger partial charge in [0.05, 0.1) is 5.75 Å². The number of nitrogens with zero attached hydrogens (tertiary/aromatic N) is 1. The fourth-order valence-corrected chi connectivity index (χ4v) is 4.06. The van der Waals surface area contributed by atoms with Crippen molar-refractivity contribution in [3.05, 3.63) is 35.6 Å². The van der Waals surface area contributed by atoms with E-state index in [1.54, 1.807) is 4.90 Å². The van der Waals surface area contributed by atoms with Crippen LogP contribution in [0.15, 0.2) is 24.3 Å². The zero-order chi connectivity index (χ0) is 19.4. The van der Waals surface area contributed by atoms with E-state index in [-0.39, 0.29) is 29.1 Å². The fourth-order valence-electron chi connectivity index (χ4n) is 2.84. The molecule has 1 aromatic carbocycles. The third-order valence-electron chi connectivity index (χ3n) is 4.25. The first-order chi connectivity index (χ1) is 12.0. The van der Waals surface area contributed by atoms with Crippen molar-refractivity contribution in [3.8, 4) is 0 Å². The van der Waals surface area contributed by atoms with Crippen LogP contribution in [0.25, 0.3) is 0 Å². The van der Waals surface area contributed by atoms with E-state index < -0.39 is 10.0 Å². The lowest BCUT2D eigenvalue weighted by Gasteiger charge is -2.34. The van der Waals surface area contributed by atoms with Gasteiger partial charge in [0.25, 0.3) is 0 Å². The highest BCUT2D eigenvalue weighted by Crippen LogP contribution is 2.18. The maximum atomic E-state index is 12.9. The molecular formula is C18H28FN3O3S. The highest BCUT2D eigenvalue weighted by atomic mass is 32.2. The number of nitrogens with one attached hydrogen (secondary N) is 2. The van der Waals surface area contributed by atoms with Gasteiger partial charge in [-0.25, -0.2) is 22.3 Å². The highest BCUT2D eigenvalue weighted by molar-refractivity contribution is 7.88. The number of sulfonamides is 1. The second kappa shape index (κ2) is 8.35. The first-order valence-corrected chi connectivity index (χ1v) is 10.5. The van der Waals surface area contributed by atoms with Crippen LogP contribution in [-0.4, -0.2) is 44.5 Å². The smallest absolute Gasteiger partial charge is 0.317 e. The lowest BCUT2D eigenvalue weighted by Crippen LogP contribution is -2.51. The predicted molar refractivity (Wildman–Crippen MR) is 99.6 cm³/mol. The largest absolute Gasteiger partial charge is 0.333 e. The molecule has 0 bridgehead atoms. The Morgan fingerprint density at radius 2 is 1.77 bits per heavy atom. The minimum Gasteiger partial charge on any atom is -0.333 e. The molecule has 0 saturated carbocycles. The molecule has 1 aliphatic rings. The molecule has 2 amide bonds. The van der Waals surface area contributed by atoms with E-state index in [1.165, 1.54) is 24.3 Å². The van der Waals surface area contributed by atoms with Crippen molar-refractivity contribution in [1.29, 1.82) is 0 Å². The number of rotatable bonds is 5. The van der Waals surface area contributed by atoms with E-state index in [1.807, 2.05) is 20.8 Å². The van der Waals surface area contributed by atoms with Crippen LogP contribution < -0.4 is 10.0 Å². The number of amides is 2. The van der Waals surface area contributed by atoms with Gasteiger partial charge in [-0.2, -0.15) is 0 Å². The van der Waals surface area contributed by atoms with Gasteiger partial charge in [-0.1, -0.05) is 12.1 Å². The van der Waals surface area contributed by atoms with Crippen LogP contribution in [0.3, 0.4) is 0 Å². The van der Waals surface area contributed by atoms with Gasteiger partial charge in [0, 0.05) is 25.2 Å². The number of carbonyl (C=O) groups excluding carboxylic acids is 1. The van der Waals surface area contributed by atoms with E-state index in [0.717, 1.165) is 12.8 Å². The molecule has 1 aliphatic heterocycles. The molecule has 1 aromatic rings. The summed E-state index contributed by atoms with van der Waals surface area (Å²) in [4.78, 5) is 13.9. The molecular weight excluding hydrogens is 357 g/mol. The van der Waals surface area contributed by atoms with Crippen molar-refractivity contribution < 1.29 is 17.6 Å². The third kappa shape index (κ3) is 6.92. The lowest BCUT2D eigenvalue weighted by molar-refractivity contribution is 0.163. The molecule has 146 valence electrons. The van der Waals surface area contributed by atoms with Gasteiger partial charge in [0.2, 0.25) is 10.0 Å². The molecule has 1 saturated heterocycles. The van der Waals surface area contributed by atoms with Crippen molar-refractivity contribution in [2.24, 2.45) is 5.92 Å². The van der Waals surface area contributed by atoms with Crippen LogP contribution in [-0.2, 0) is 15.8 Å². The van der Waals surface area contributed by atoms with Crippen LogP contribution in [0.5, 0.6) is 0 Å². The predicted octanol–water partition coefficient (Wildman–Crippen LogP) is 2.47. The molecule has 0 atom stereocenters. The summed E-state index contributed by atoms with van der Waals surface area (Å²) >= 11 is 0. The molecule has 6 nitrogen and oxygen atoms in total. The Kier molecular flexibility index (Phi) is 6.63. The normalized spacial score (nSPS) is 16.5. The van der Waals surface area contributed by atoms with Crippen molar-refractivity contribution >= 4 is 16.1 Å². The second-order valence-electron chi connectivity index (χ2n) is 7.84. The van der Waals surface area contributed by atoms with Gasteiger partial charge < -0.3 is 10.2 Å². The number of carbonyl (C=O) groups is 1. The summed E-state index contributed by atoms with van der Waals surface area (Å²) in [5.41, 5.74) is 0.275. The van der Waals surface area contributed by atoms with Crippen LogP contribution in [0.2, 0.25) is 0 Å². The summed E-state index contributed by atoms with van der Waals surface area (Å²) < 4.78 is 39.9. The Balaban J connectivity index is 1.77. The topological polar surface area (TPSA) is 78.5 Å². The van der Waals surface area contributed by atoms with E-state index in [2.05, 4.69) is 10.0 Å². The average Bonchev–Trinajstić information content (AvgIpc) is 2.54. The third-order valence-corrected chi connectivity index (χ3v) is 5.57. The van der Waals surface area contributed by atoms with Crippen molar-refractivity contribution in [1.82, 2.24) is 14.9 Å². The van der Waals surface area contributed by atoms with Gasteiger partial charge in [-0.05, 0) is 57.2 Å². The summed E-state index contributed by atoms with van der Waals surface area (Å²) in [6.07, 6.45) is 1.52. The Labute approximate surface area is 155 Å². The van der Waals surface area contributed by atoms with E-state index in [4.69, 9.17) is 0 Å². The molecule has 0 spiro atoms. The van der Waals surface area contributed by atoms with Crippen molar-refractivity contribution in [2.75, 3.05) is 19.6 Å². The number of halogens is 1. The lowest BCUT2D eigenvalue weighted by atomic mass is 9.97. The molecule has 1 fully saturated rings. The van der Waals surface area contributed by atoms with Gasteiger partial charge in [-0.15, -0.1) is 0 Å². The minimum atomic E-state index is -3.47. The first-order valence-electron chi connectivity index (χ1n) is 8.83. The number of urea groups is 1. The van der Waals surface area contributed by atoms with Gasteiger partial charge in [-0.3, -0.25) is 0 Å². The summed E-state index contributed by atoms with van der Waals surface area (Å²) in [6.45, 7) is 7.41. The van der Waals surface area contributed by atoms with E-state index >= 15 is 0 Å². The number of hydrogen-bond donors (Lipinski definition) is 2. The highest BCUT2D eigenvalue weighted by Gasteiger charge is 2.26. The molecule has 0 unspecified atom stereocenters. The van der Waals surface area contributed by atoms with Crippen molar-refractivity contribution in [3.63, 3.8) is 0 Å². The van der Waals surface area contributed by atoms with Crippen LogP contribution in [0.1, 0.15) is 39.2 Å². The Bertz CT molecular complexity index is 706. The molecule has 1 heterocycles. The summed E-state index contributed by atoms with van der Waals surface area (Å²) in [6, 6.07) is 5.38. The Morgan fingerprint density at radius 3 is 2.31 bits per heavy atom. The fraction of sp³-hybridized carbons (Fsp3) is 0.611. The number of benzene rings is 1. The minimum absolute atomic E-state index is 0.0761. The maximum absolute atomic E-state index is 12.9. The van der Waals surface area contributed by atoms with E-state index in [0.29, 0.717) is 25.2 Å². The van der Waals surface area contributed by atoms with Gasteiger partial charge in [0.15, 0.2) is 0 Å². The molecule has 0 aliphatic carbocycles. The molecule has 26 heavy (non-hydrogen) atoms. The molecule has 2 rings (SSSR count). The average molecular weight is 386 g/mol. The Hall–Kier alpha value is -1.67. The SMILES string of the molecule is CC(C)(C)NC(=O)N1CCC(CNS(=O)(=O)Cc2ccc(F)cc2)CC1. The van der Waals surface area contributed by atoms with E-state index in [9.17, 15) is 17.6 Å². The number of piperidine rings is 1. The summed E-state index contributed by atoms with van der Waals surface area (Å²) in [7, 11) is -3.47. The van der Waals surface area contributed by atoms with Crippen molar-refractivity contribution in [2.45, 2.75) is 44.9 Å². The molecule has 8 heteroatoms. The zero-order valence-corrected chi connectivity index (χ0v) is 16.4. The molecule has 0 radical (unpaired) electrons. The number of hydrogen-bond acceptors (Lipinski definition) is 3. The molecule has 0 aromatic heterocycles. The van der Waals surface area contributed by atoms with Gasteiger partial charge >= 0.3 is 6.03 Å². The quantitative estimate of drug-likeness (QED) is 0.817. The van der Waals surface area contributed by atoms with Crippen LogP contribution in [0, 0.1) is 11.7 Å². The van der Waals surface area contributed by atoms with Crippen LogP contribution >= 0.6 is 0 Å². The monoisotopic (exact) mass is 385 g/mol. The van der Waals surface area contributed by atoms with Crippen LogP contribution in [0.4, 0.5) is 9.18 Å². The Morgan fingerprint density at radius 1 is 1.19 bits per heavy atom. The maximum Gasteiger partial charge on any atom is 0.317 e. The van der Waals surface area contributed by atoms with Gasteiger partial charge in [0.1, 0.15) is 5.82 Å². The second-order valence-corrected chi connectivity index (χ2v) is 9.65. The first kappa shape index (κ1) is 20.6. The summed E-state index contributed by atoms with van der Waals surface area (Å²) in [5, 5.41) is 2.94. The summed E-state index contributed by atoms with van der Waals surface area (Å²) in [5.74, 6) is -0.349. The zero-order valence-electron chi connectivity index (χ0n) is 15.6. The number of likely N-dealkylation sites (tertiary alicyclic amines) is 1.